The summed E-state index contributed by atoms with van der Waals surface area (Å²) in [5.74, 6) is -0.206. The Bertz CT molecular complexity index is 476. The second-order valence-corrected chi connectivity index (χ2v) is 6.15. The van der Waals surface area contributed by atoms with Crippen LogP contribution >= 0.6 is 0 Å². The molecule has 0 amide bonds. The Kier molecular flexibility index (Phi) is 3.35. The van der Waals surface area contributed by atoms with Crippen LogP contribution in [0.25, 0.3) is 0 Å². The summed E-state index contributed by atoms with van der Waals surface area (Å²) in [6.07, 6.45) is 4.91. The molecule has 0 saturated carbocycles. The average molecular weight is 263 g/mol. The third-order valence-corrected chi connectivity index (χ3v) is 4.87. The maximum absolute atomic E-state index is 13.4. The number of piperidine rings is 1. The number of hydrogen-bond acceptors (Lipinski definition) is 2. The molecule has 2 aliphatic rings. The summed E-state index contributed by atoms with van der Waals surface area (Å²) in [7, 11) is 0. The zero-order valence-corrected chi connectivity index (χ0v) is 11.5. The highest BCUT2D eigenvalue weighted by atomic mass is 19.1. The largest absolute Gasteiger partial charge is 0.388 e. The van der Waals surface area contributed by atoms with Crippen molar-refractivity contribution in [1.82, 2.24) is 4.90 Å². The molecule has 0 bridgehead atoms. The smallest absolute Gasteiger partial charge is 0.123 e. The van der Waals surface area contributed by atoms with Gasteiger partial charge in [-0.15, -0.1) is 0 Å². The van der Waals surface area contributed by atoms with E-state index in [1.165, 1.54) is 18.9 Å². The van der Waals surface area contributed by atoms with Gasteiger partial charge in [-0.2, -0.15) is 0 Å². The molecule has 0 spiro atoms. The summed E-state index contributed by atoms with van der Waals surface area (Å²) >= 11 is 0. The Morgan fingerprint density at radius 1 is 1.37 bits per heavy atom. The first kappa shape index (κ1) is 13.1. The van der Waals surface area contributed by atoms with E-state index in [1.807, 2.05) is 13.0 Å². The van der Waals surface area contributed by atoms with Gasteiger partial charge in [0.05, 0.1) is 5.60 Å². The fraction of sp³-hybridized carbons (Fsp3) is 0.625. The van der Waals surface area contributed by atoms with Gasteiger partial charge in [-0.1, -0.05) is 12.5 Å². The summed E-state index contributed by atoms with van der Waals surface area (Å²) in [5.41, 5.74) is 1.36. The first-order chi connectivity index (χ1) is 9.08. The molecule has 1 aromatic carbocycles. The Balaban J connectivity index is 1.83. The number of aliphatic hydroxyl groups is 1. The van der Waals surface area contributed by atoms with E-state index < -0.39 is 5.60 Å². The molecular weight excluding hydrogens is 241 g/mol. The van der Waals surface area contributed by atoms with Gasteiger partial charge in [-0.05, 0) is 56.0 Å². The van der Waals surface area contributed by atoms with Gasteiger partial charge in [0.25, 0.3) is 0 Å². The van der Waals surface area contributed by atoms with Crippen molar-refractivity contribution in [1.29, 1.82) is 0 Å². The topological polar surface area (TPSA) is 23.5 Å². The molecule has 2 nitrogen and oxygen atoms in total. The normalized spacial score (nSPS) is 31.4. The summed E-state index contributed by atoms with van der Waals surface area (Å²) in [6, 6.07) is 5.15. The quantitative estimate of drug-likeness (QED) is 0.886. The van der Waals surface area contributed by atoms with Crippen molar-refractivity contribution in [2.45, 2.75) is 50.7 Å². The lowest BCUT2D eigenvalue weighted by Gasteiger charge is -2.37. The molecule has 1 N–H and O–H groups in total. The number of rotatable bonds is 2. The van der Waals surface area contributed by atoms with Gasteiger partial charge >= 0.3 is 0 Å². The Morgan fingerprint density at radius 2 is 2.21 bits per heavy atom. The standard InChI is InChI=1S/C16H22FNO/c1-12-5-6-14(17)10-13(12)11-16(19)7-9-18-8-3-2-4-15(16)18/h5-6,10,15,19H,2-4,7-9,11H2,1H3. The van der Waals surface area contributed by atoms with Crippen molar-refractivity contribution < 1.29 is 9.50 Å². The minimum atomic E-state index is -0.668. The van der Waals surface area contributed by atoms with Crippen molar-refractivity contribution >= 4 is 0 Å². The lowest BCUT2D eigenvalue weighted by atomic mass is 9.83. The molecule has 19 heavy (non-hydrogen) atoms. The van der Waals surface area contributed by atoms with Crippen LogP contribution in [0, 0.1) is 12.7 Å². The third-order valence-electron chi connectivity index (χ3n) is 4.87. The van der Waals surface area contributed by atoms with Crippen molar-refractivity contribution in [2.75, 3.05) is 13.1 Å². The van der Waals surface area contributed by atoms with Gasteiger partial charge in [-0.3, -0.25) is 4.90 Å². The van der Waals surface area contributed by atoms with Gasteiger partial charge in [0.15, 0.2) is 0 Å². The predicted octanol–water partition coefficient (Wildman–Crippen LogP) is 2.67. The van der Waals surface area contributed by atoms with Crippen molar-refractivity contribution in [3.63, 3.8) is 0 Å². The molecule has 2 saturated heterocycles. The second kappa shape index (κ2) is 4.88. The van der Waals surface area contributed by atoms with Crippen LogP contribution in [0.1, 0.15) is 36.8 Å². The van der Waals surface area contributed by atoms with E-state index in [-0.39, 0.29) is 11.9 Å². The lowest BCUT2D eigenvalue weighted by Crippen LogP contribution is -2.48. The van der Waals surface area contributed by atoms with E-state index in [9.17, 15) is 9.50 Å². The maximum atomic E-state index is 13.4. The fourth-order valence-electron chi connectivity index (χ4n) is 3.74. The highest BCUT2D eigenvalue weighted by Crippen LogP contribution is 2.37. The lowest BCUT2D eigenvalue weighted by molar-refractivity contribution is -0.00900. The molecule has 2 unspecified atom stereocenters. The van der Waals surface area contributed by atoms with Gasteiger partial charge in [0, 0.05) is 19.0 Å². The van der Waals surface area contributed by atoms with Gasteiger partial charge in [0.1, 0.15) is 5.82 Å². The molecule has 0 aromatic heterocycles. The molecule has 0 radical (unpaired) electrons. The highest BCUT2D eigenvalue weighted by molar-refractivity contribution is 5.29. The van der Waals surface area contributed by atoms with Crippen LogP contribution in [-0.2, 0) is 6.42 Å². The second-order valence-electron chi connectivity index (χ2n) is 6.15. The van der Waals surface area contributed by atoms with Gasteiger partial charge in [-0.25, -0.2) is 4.39 Å². The molecule has 2 aliphatic heterocycles. The first-order valence-electron chi connectivity index (χ1n) is 7.30. The van der Waals surface area contributed by atoms with Crippen LogP contribution in [-0.4, -0.2) is 34.7 Å². The minimum absolute atomic E-state index is 0.206. The molecule has 3 rings (SSSR count). The average Bonchev–Trinajstić information content (AvgIpc) is 2.73. The fourth-order valence-corrected chi connectivity index (χ4v) is 3.74. The van der Waals surface area contributed by atoms with Crippen LogP contribution in [0.5, 0.6) is 0 Å². The Labute approximate surface area is 114 Å². The zero-order chi connectivity index (χ0) is 13.5. The maximum Gasteiger partial charge on any atom is 0.123 e. The van der Waals surface area contributed by atoms with Crippen LogP contribution in [0.4, 0.5) is 4.39 Å². The van der Waals surface area contributed by atoms with E-state index in [0.29, 0.717) is 6.42 Å². The number of benzene rings is 1. The van der Waals surface area contributed by atoms with Crippen LogP contribution in [0.15, 0.2) is 18.2 Å². The van der Waals surface area contributed by atoms with Crippen molar-refractivity contribution in [3.05, 3.63) is 35.1 Å². The molecule has 2 atom stereocenters. The molecule has 1 aromatic rings. The number of nitrogens with zero attached hydrogens (tertiary/aromatic N) is 1. The van der Waals surface area contributed by atoms with Crippen LogP contribution in [0.2, 0.25) is 0 Å². The van der Waals surface area contributed by atoms with Crippen molar-refractivity contribution in [2.24, 2.45) is 0 Å². The highest BCUT2D eigenvalue weighted by Gasteiger charge is 2.46. The van der Waals surface area contributed by atoms with Gasteiger partial charge < -0.3 is 5.11 Å². The van der Waals surface area contributed by atoms with E-state index in [0.717, 1.165) is 37.1 Å². The number of halogens is 1. The van der Waals surface area contributed by atoms with E-state index in [4.69, 9.17) is 0 Å². The monoisotopic (exact) mass is 263 g/mol. The van der Waals surface area contributed by atoms with E-state index >= 15 is 0 Å². The summed E-state index contributed by atoms with van der Waals surface area (Å²) in [5, 5.41) is 11.0. The molecule has 2 fully saturated rings. The molecule has 104 valence electrons. The summed E-state index contributed by atoms with van der Waals surface area (Å²) in [4.78, 5) is 2.41. The predicted molar refractivity (Wildman–Crippen MR) is 73.6 cm³/mol. The molecular formula is C16H22FNO. The SMILES string of the molecule is Cc1ccc(F)cc1CC1(O)CCN2CCCCC21. The van der Waals surface area contributed by atoms with Gasteiger partial charge in [0.2, 0.25) is 0 Å². The Hall–Kier alpha value is -0.930. The Morgan fingerprint density at radius 3 is 3.05 bits per heavy atom. The summed E-state index contributed by atoms with van der Waals surface area (Å²) in [6.45, 7) is 4.08. The molecule has 2 heterocycles. The number of aryl methyl sites for hydroxylation is 1. The first-order valence-corrected chi connectivity index (χ1v) is 7.30. The van der Waals surface area contributed by atoms with Crippen molar-refractivity contribution in [3.8, 4) is 0 Å². The van der Waals surface area contributed by atoms with E-state index in [1.54, 1.807) is 6.07 Å². The minimum Gasteiger partial charge on any atom is -0.388 e. The number of fused-ring (bicyclic) bond motifs is 1. The van der Waals surface area contributed by atoms with E-state index in [2.05, 4.69) is 4.90 Å². The number of hydrogen-bond donors (Lipinski definition) is 1. The zero-order valence-electron chi connectivity index (χ0n) is 11.5. The molecule has 3 heteroatoms. The van der Waals surface area contributed by atoms with Crippen LogP contribution in [0.3, 0.4) is 0 Å². The third kappa shape index (κ3) is 2.41. The molecule has 0 aliphatic carbocycles. The summed E-state index contributed by atoms with van der Waals surface area (Å²) < 4.78 is 13.4. The van der Waals surface area contributed by atoms with Crippen LogP contribution < -0.4 is 0 Å².